The van der Waals surface area contributed by atoms with Gasteiger partial charge in [0.15, 0.2) is 0 Å². The highest BCUT2D eigenvalue weighted by Crippen LogP contribution is 2.46. The monoisotopic (exact) mass is 649 g/mol. The number of amides is 1. The molecule has 0 spiro atoms. The second kappa shape index (κ2) is 11.8. The summed E-state index contributed by atoms with van der Waals surface area (Å²) in [4.78, 5) is 56.0. The van der Waals surface area contributed by atoms with Gasteiger partial charge in [0.1, 0.15) is 5.56 Å². The summed E-state index contributed by atoms with van der Waals surface area (Å²) in [6.45, 7) is 1.00. The minimum absolute atomic E-state index is 0.0478. The standard InChI is InChI=1S/C32H29Cl2N5O6/c1-37-15-21(30(41)38(2)32(37)44)28(40)35-22-9-5-7-19(27(22)34)18-6-4-8-20(26(18)33)23-12-16-10-11-24(25(16)29(36-23)45-3)39-13-17(14-39)31(42)43/h4-9,12,15,17,24H,10-11,13-14H2,1-3H3,(H,35,40)(H,42,43)/t24-/m1/s1. The van der Waals surface area contributed by atoms with E-state index in [9.17, 15) is 24.3 Å². The van der Waals surface area contributed by atoms with Gasteiger partial charge in [-0.05, 0) is 30.5 Å². The number of nitrogens with zero attached hydrogens (tertiary/aromatic N) is 4. The third-order valence-electron chi connectivity index (χ3n) is 8.53. The summed E-state index contributed by atoms with van der Waals surface area (Å²) < 4.78 is 7.75. The Morgan fingerprint density at radius 1 is 1.02 bits per heavy atom. The lowest BCUT2D eigenvalue weighted by molar-refractivity contribution is -0.148. The first-order valence-electron chi connectivity index (χ1n) is 14.2. The molecule has 13 heteroatoms. The average molecular weight is 651 g/mol. The molecule has 0 saturated carbocycles. The van der Waals surface area contributed by atoms with Crippen molar-refractivity contribution in [1.29, 1.82) is 0 Å². The van der Waals surface area contributed by atoms with Gasteiger partial charge in [-0.25, -0.2) is 9.78 Å². The number of rotatable bonds is 7. The molecule has 6 rings (SSSR count). The number of anilines is 1. The summed E-state index contributed by atoms with van der Waals surface area (Å²) in [6.07, 6.45) is 2.83. The molecule has 2 aromatic heterocycles. The Morgan fingerprint density at radius 3 is 2.38 bits per heavy atom. The van der Waals surface area contributed by atoms with E-state index in [0.717, 1.165) is 33.1 Å². The van der Waals surface area contributed by atoms with Gasteiger partial charge >= 0.3 is 11.7 Å². The number of methoxy groups -OCH3 is 1. The molecule has 0 bridgehead atoms. The quantitative estimate of drug-likeness (QED) is 0.301. The van der Waals surface area contributed by atoms with E-state index < -0.39 is 23.1 Å². The van der Waals surface area contributed by atoms with Crippen molar-refractivity contribution < 1.29 is 19.4 Å². The van der Waals surface area contributed by atoms with Crippen LogP contribution < -0.4 is 21.3 Å². The zero-order valence-corrected chi connectivity index (χ0v) is 26.1. The number of likely N-dealkylation sites (tertiary alicyclic amines) is 1. The molecule has 1 amide bonds. The van der Waals surface area contributed by atoms with Crippen molar-refractivity contribution in [3.63, 3.8) is 0 Å². The second-order valence-electron chi connectivity index (χ2n) is 11.2. The minimum Gasteiger partial charge on any atom is -0.481 e. The number of fused-ring (bicyclic) bond motifs is 1. The normalized spacial score (nSPS) is 16.2. The lowest BCUT2D eigenvalue weighted by Crippen LogP contribution is -2.51. The number of hydrogen-bond donors (Lipinski definition) is 2. The highest BCUT2D eigenvalue weighted by atomic mass is 35.5. The number of nitrogens with one attached hydrogen (secondary N) is 1. The molecule has 232 valence electrons. The number of carboxylic acids is 1. The fourth-order valence-corrected chi connectivity index (χ4v) is 6.69. The highest BCUT2D eigenvalue weighted by Gasteiger charge is 2.41. The van der Waals surface area contributed by atoms with Gasteiger partial charge < -0.3 is 19.7 Å². The van der Waals surface area contributed by atoms with Gasteiger partial charge in [0.25, 0.3) is 11.5 Å². The number of aromatic nitrogens is 3. The Kier molecular flexibility index (Phi) is 8.02. The van der Waals surface area contributed by atoms with Gasteiger partial charge in [-0.15, -0.1) is 0 Å². The molecule has 1 fully saturated rings. The number of halogens is 2. The average Bonchev–Trinajstić information content (AvgIpc) is 3.41. The Balaban J connectivity index is 1.32. The number of carbonyl (C=O) groups excluding carboxylic acids is 1. The first kappa shape index (κ1) is 30.6. The van der Waals surface area contributed by atoms with Crippen LogP contribution in [0.2, 0.25) is 10.0 Å². The van der Waals surface area contributed by atoms with Crippen LogP contribution in [0, 0.1) is 5.92 Å². The Hall–Kier alpha value is -4.45. The number of carboxylic acid groups (broad SMARTS) is 1. The fraction of sp³-hybridized carbons (Fsp3) is 0.281. The third kappa shape index (κ3) is 5.30. The molecule has 0 radical (unpaired) electrons. The highest BCUT2D eigenvalue weighted by molar-refractivity contribution is 6.39. The van der Waals surface area contributed by atoms with Gasteiger partial charge in [-0.1, -0.05) is 53.5 Å². The first-order chi connectivity index (χ1) is 21.5. The van der Waals surface area contributed by atoms with Gasteiger partial charge in [-0.3, -0.25) is 23.9 Å². The number of aliphatic carboxylic acids is 1. The summed E-state index contributed by atoms with van der Waals surface area (Å²) in [6, 6.07) is 12.6. The van der Waals surface area contributed by atoms with Crippen molar-refractivity contribution in [2.75, 3.05) is 25.5 Å². The van der Waals surface area contributed by atoms with Crippen molar-refractivity contribution in [2.45, 2.75) is 18.9 Å². The third-order valence-corrected chi connectivity index (χ3v) is 9.34. The van der Waals surface area contributed by atoms with E-state index in [-0.39, 0.29) is 28.2 Å². The molecule has 11 nitrogen and oxygen atoms in total. The van der Waals surface area contributed by atoms with Crippen molar-refractivity contribution in [2.24, 2.45) is 20.0 Å². The van der Waals surface area contributed by atoms with Crippen molar-refractivity contribution in [1.82, 2.24) is 19.0 Å². The van der Waals surface area contributed by atoms with Crippen LogP contribution in [-0.4, -0.2) is 56.2 Å². The maximum absolute atomic E-state index is 13.1. The Labute approximate surface area is 267 Å². The summed E-state index contributed by atoms with van der Waals surface area (Å²) in [5, 5.41) is 12.6. The SMILES string of the molecule is COc1nc(-c2cccc(-c3cccc(NC(=O)c4cn(C)c(=O)n(C)c4=O)c3Cl)c2Cl)cc2c1[C@H](N1CC(C(=O)O)C1)CC2. The minimum atomic E-state index is -0.775. The van der Waals surface area contributed by atoms with E-state index in [1.54, 1.807) is 25.3 Å². The number of ether oxygens (including phenoxy) is 1. The molecule has 1 atom stereocenters. The predicted molar refractivity (Wildman–Crippen MR) is 170 cm³/mol. The van der Waals surface area contributed by atoms with E-state index in [4.69, 9.17) is 32.9 Å². The van der Waals surface area contributed by atoms with Crippen LogP contribution >= 0.6 is 23.2 Å². The molecular formula is C32H29Cl2N5O6. The number of pyridine rings is 1. The number of benzene rings is 2. The van der Waals surface area contributed by atoms with Crippen LogP contribution in [0.1, 0.15) is 33.9 Å². The predicted octanol–water partition coefficient (Wildman–Crippen LogP) is 4.38. The van der Waals surface area contributed by atoms with E-state index in [1.807, 2.05) is 24.3 Å². The molecule has 1 aliphatic heterocycles. The molecule has 4 aromatic rings. The van der Waals surface area contributed by atoms with E-state index in [2.05, 4.69) is 10.2 Å². The van der Waals surface area contributed by atoms with Crippen LogP contribution in [-0.2, 0) is 25.3 Å². The maximum atomic E-state index is 13.1. The van der Waals surface area contributed by atoms with Gasteiger partial charge in [0, 0.05) is 61.7 Å². The van der Waals surface area contributed by atoms with Crippen LogP contribution in [0.15, 0.2) is 58.3 Å². The van der Waals surface area contributed by atoms with Crippen molar-refractivity contribution in [3.8, 4) is 28.3 Å². The van der Waals surface area contributed by atoms with E-state index in [1.165, 1.54) is 20.3 Å². The van der Waals surface area contributed by atoms with Crippen molar-refractivity contribution >= 4 is 40.8 Å². The lowest BCUT2D eigenvalue weighted by atomic mass is 9.95. The number of carbonyl (C=O) groups is 2. The van der Waals surface area contributed by atoms with Gasteiger partial charge in [0.05, 0.1) is 34.5 Å². The summed E-state index contributed by atoms with van der Waals surface area (Å²) >= 11 is 13.8. The Morgan fingerprint density at radius 2 is 1.69 bits per heavy atom. The Bertz CT molecular complexity index is 2000. The zero-order chi connectivity index (χ0) is 32.2. The molecule has 1 aliphatic carbocycles. The van der Waals surface area contributed by atoms with Gasteiger partial charge in [0.2, 0.25) is 5.88 Å². The number of hydrogen-bond acceptors (Lipinski definition) is 7. The van der Waals surface area contributed by atoms with Crippen molar-refractivity contribution in [3.05, 3.63) is 96.2 Å². The fourth-order valence-electron chi connectivity index (χ4n) is 6.09. The lowest BCUT2D eigenvalue weighted by Gasteiger charge is -2.41. The van der Waals surface area contributed by atoms with Crippen LogP contribution in [0.4, 0.5) is 5.69 Å². The summed E-state index contributed by atoms with van der Waals surface area (Å²) in [5.41, 5.74) is 3.27. The molecule has 3 heterocycles. The second-order valence-corrected chi connectivity index (χ2v) is 12.0. The molecular weight excluding hydrogens is 621 g/mol. The first-order valence-corrected chi connectivity index (χ1v) is 15.0. The summed E-state index contributed by atoms with van der Waals surface area (Å²) in [7, 11) is 4.32. The molecule has 2 aromatic carbocycles. The molecule has 0 unspecified atom stereocenters. The van der Waals surface area contributed by atoms with Gasteiger partial charge in [-0.2, -0.15) is 0 Å². The largest absolute Gasteiger partial charge is 0.481 e. The van der Waals surface area contributed by atoms with Crippen LogP contribution in [0.25, 0.3) is 22.4 Å². The molecule has 45 heavy (non-hydrogen) atoms. The zero-order valence-electron chi connectivity index (χ0n) is 24.6. The topological polar surface area (TPSA) is 136 Å². The van der Waals surface area contributed by atoms with E-state index >= 15 is 0 Å². The number of aryl methyl sites for hydroxylation is 2. The molecule has 1 saturated heterocycles. The van der Waals surface area contributed by atoms with Crippen LogP contribution in [0.3, 0.4) is 0 Å². The smallest absolute Gasteiger partial charge is 0.330 e. The maximum Gasteiger partial charge on any atom is 0.330 e. The summed E-state index contributed by atoms with van der Waals surface area (Å²) in [5.74, 6) is -1.36. The molecule has 2 N–H and O–H groups in total. The van der Waals surface area contributed by atoms with Crippen LogP contribution in [0.5, 0.6) is 5.88 Å². The molecule has 2 aliphatic rings. The van der Waals surface area contributed by atoms with E-state index in [0.29, 0.717) is 46.4 Å².